The van der Waals surface area contributed by atoms with Crippen molar-refractivity contribution in [3.63, 3.8) is 0 Å². The van der Waals surface area contributed by atoms with Gasteiger partial charge in [0.2, 0.25) is 5.91 Å². The van der Waals surface area contributed by atoms with Crippen LogP contribution < -0.4 is 10.5 Å². The number of halogens is 1. The fourth-order valence-electron chi connectivity index (χ4n) is 2.73. The van der Waals surface area contributed by atoms with Gasteiger partial charge < -0.3 is 20.1 Å². The summed E-state index contributed by atoms with van der Waals surface area (Å²) >= 11 is 6.03. The SMILES string of the molecule is NCCCOC1CCN(C(=O)CCCOc2ccccc2Cl)CC1. The van der Waals surface area contributed by atoms with Gasteiger partial charge in [-0.25, -0.2) is 0 Å². The van der Waals surface area contributed by atoms with Crippen molar-refractivity contribution in [1.82, 2.24) is 4.90 Å². The van der Waals surface area contributed by atoms with Gasteiger partial charge in [-0.2, -0.15) is 0 Å². The van der Waals surface area contributed by atoms with Crippen LogP contribution >= 0.6 is 11.6 Å². The lowest BCUT2D eigenvalue weighted by Crippen LogP contribution is -2.41. The van der Waals surface area contributed by atoms with Gasteiger partial charge in [0.1, 0.15) is 5.75 Å². The minimum Gasteiger partial charge on any atom is -0.492 e. The molecule has 0 aromatic heterocycles. The molecule has 0 atom stereocenters. The van der Waals surface area contributed by atoms with E-state index in [2.05, 4.69) is 0 Å². The van der Waals surface area contributed by atoms with E-state index in [1.165, 1.54) is 0 Å². The standard InChI is InChI=1S/C18H27ClN2O3/c19-16-5-1-2-6-17(16)24-13-3-7-18(22)21-11-8-15(9-12-21)23-14-4-10-20/h1-2,5-6,15H,3-4,7-14,20H2. The third kappa shape index (κ3) is 6.30. The summed E-state index contributed by atoms with van der Waals surface area (Å²) in [5.74, 6) is 0.861. The molecule has 24 heavy (non-hydrogen) atoms. The van der Waals surface area contributed by atoms with Gasteiger partial charge in [-0.1, -0.05) is 23.7 Å². The highest BCUT2D eigenvalue weighted by Gasteiger charge is 2.22. The Kier molecular flexibility index (Phi) is 8.36. The Morgan fingerprint density at radius 2 is 1.96 bits per heavy atom. The lowest BCUT2D eigenvalue weighted by molar-refractivity contribution is -0.134. The van der Waals surface area contributed by atoms with Gasteiger partial charge in [0.25, 0.3) is 0 Å². The van der Waals surface area contributed by atoms with E-state index in [4.69, 9.17) is 26.8 Å². The molecule has 134 valence electrons. The van der Waals surface area contributed by atoms with Gasteiger partial charge in [-0.3, -0.25) is 4.79 Å². The maximum Gasteiger partial charge on any atom is 0.222 e. The van der Waals surface area contributed by atoms with E-state index in [9.17, 15) is 4.79 Å². The number of carbonyl (C=O) groups excluding carboxylic acids is 1. The molecule has 0 bridgehead atoms. The number of hydrogen-bond acceptors (Lipinski definition) is 4. The molecule has 1 aromatic rings. The molecule has 0 spiro atoms. The summed E-state index contributed by atoms with van der Waals surface area (Å²) in [5.41, 5.74) is 5.46. The molecule has 2 rings (SSSR count). The second-order valence-corrected chi connectivity index (χ2v) is 6.38. The van der Waals surface area contributed by atoms with Gasteiger partial charge in [0.05, 0.1) is 17.7 Å². The van der Waals surface area contributed by atoms with Gasteiger partial charge in [0.15, 0.2) is 0 Å². The molecule has 1 saturated heterocycles. The first-order valence-corrected chi connectivity index (χ1v) is 9.05. The first kappa shape index (κ1) is 19.0. The Bertz CT molecular complexity index is 505. The zero-order chi connectivity index (χ0) is 17.2. The summed E-state index contributed by atoms with van der Waals surface area (Å²) in [5, 5.41) is 0.598. The molecule has 1 aromatic carbocycles. The molecule has 0 radical (unpaired) electrons. The van der Waals surface area contributed by atoms with Crippen molar-refractivity contribution < 1.29 is 14.3 Å². The van der Waals surface area contributed by atoms with E-state index in [-0.39, 0.29) is 12.0 Å². The predicted molar refractivity (Wildman–Crippen MR) is 95.4 cm³/mol. The summed E-state index contributed by atoms with van der Waals surface area (Å²) in [6.07, 6.45) is 4.17. The number of rotatable bonds is 9. The number of ether oxygens (including phenoxy) is 2. The number of benzene rings is 1. The van der Waals surface area contributed by atoms with Crippen LogP contribution in [0.25, 0.3) is 0 Å². The molecular weight excluding hydrogens is 328 g/mol. The van der Waals surface area contributed by atoms with E-state index >= 15 is 0 Å². The highest BCUT2D eigenvalue weighted by atomic mass is 35.5. The molecule has 2 N–H and O–H groups in total. The molecule has 0 saturated carbocycles. The van der Waals surface area contributed by atoms with Gasteiger partial charge in [0, 0.05) is 26.1 Å². The molecule has 1 aliphatic rings. The Labute approximate surface area is 149 Å². The normalized spacial score (nSPS) is 15.5. The van der Waals surface area contributed by atoms with Crippen LogP contribution in [0.15, 0.2) is 24.3 Å². The van der Waals surface area contributed by atoms with Crippen LogP contribution in [-0.2, 0) is 9.53 Å². The van der Waals surface area contributed by atoms with E-state index in [1.807, 2.05) is 23.1 Å². The van der Waals surface area contributed by atoms with Crippen LogP contribution in [0.5, 0.6) is 5.75 Å². The van der Waals surface area contributed by atoms with Gasteiger partial charge in [-0.15, -0.1) is 0 Å². The third-order valence-corrected chi connectivity index (χ3v) is 4.44. The van der Waals surface area contributed by atoms with E-state index in [0.29, 0.717) is 43.4 Å². The molecule has 6 heteroatoms. The van der Waals surface area contributed by atoms with Crippen molar-refractivity contribution in [2.24, 2.45) is 5.73 Å². The van der Waals surface area contributed by atoms with Gasteiger partial charge >= 0.3 is 0 Å². The highest BCUT2D eigenvalue weighted by Crippen LogP contribution is 2.23. The quantitative estimate of drug-likeness (QED) is 0.692. The Morgan fingerprint density at radius 1 is 1.21 bits per heavy atom. The second kappa shape index (κ2) is 10.5. The summed E-state index contributed by atoms with van der Waals surface area (Å²) in [7, 11) is 0. The maximum atomic E-state index is 12.2. The van der Waals surface area contributed by atoms with Crippen molar-refractivity contribution in [3.05, 3.63) is 29.3 Å². The van der Waals surface area contributed by atoms with Crippen LogP contribution in [0, 0.1) is 0 Å². The summed E-state index contributed by atoms with van der Waals surface area (Å²) < 4.78 is 11.4. The summed E-state index contributed by atoms with van der Waals surface area (Å²) in [4.78, 5) is 14.2. The fraction of sp³-hybridized carbons (Fsp3) is 0.611. The number of piperidine rings is 1. The predicted octanol–water partition coefficient (Wildman–Crippen LogP) is 2.86. The van der Waals surface area contributed by atoms with Gasteiger partial charge in [-0.05, 0) is 44.4 Å². The zero-order valence-electron chi connectivity index (χ0n) is 14.1. The first-order chi connectivity index (χ1) is 11.7. The lowest BCUT2D eigenvalue weighted by atomic mass is 10.1. The molecule has 0 aliphatic carbocycles. The molecule has 1 amide bonds. The number of nitrogens with zero attached hydrogens (tertiary/aromatic N) is 1. The third-order valence-electron chi connectivity index (χ3n) is 4.13. The number of amides is 1. The van der Waals surface area contributed by atoms with Crippen LogP contribution in [0.4, 0.5) is 0 Å². The number of para-hydroxylation sites is 1. The first-order valence-electron chi connectivity index (χ1n) is 8.67. The largest absolute Gasteiger partial charge is 0.492 e. The Hall–Kier alpha value is -1.30. The summed E-state index contributed by atoms with van der Waals surface area (Å²) in [6.45, 7) is 3.42. The topological polar surface area (TPSA) is 64.8 Å². The molecule has 5 nitrogen and oxygen atoms in total. The van der Waals surface area contributed by atoms with Crippen LogP contribution in [0.2, 0.25) is 5.02 Å². The number of hydrogen-bond donors (Lipinski definition) is 1. The number of likely N-dealkylation sites (tertiary alicyclic amines) is 1. The van der Waals surface area contributed by atoms with Crippen molar-refractivity contribution in [3.8, 4) is 5.75 Å². The van der Waals surface area contributed by atoms with Crippen molar-refractivity contribution in [1.29, 1.82) is 0 Å². The van der Waals surface area contributed by atoms with Crippen molar-refractivity contribution in [2.45, 2.75) is 38.2 Å². The van der Waals surface area contributed by atoms with Crippen LogP contribution in [0.1, 0.15) is 32.1 Å². The zero-order valence-corrected chi connectivity index (χ0v) is 14.8. The smallest absolute Gasteiger partial charge is 0.222 e. The van der Waals surface area contributed by atoms with Crippen LogP contribution in [-0.4, -0.2) is 49.8 Å². The van der Waals surface area contributed by atoms with E-state index < -0.39 is 0 Å². The lowest BCUT2D eigenvalue weighted by Gasteiger charge is -2.32. The monoisotopic (exact) mass is 354 g/mol. The van der Waals surface area contributed by atoms with E-state index in [1.54, 1.807) is 6.07 Å². The maximum absolute atomic E-state index is 12.2. The minimum atomic E-state index is 0.193. The summed E-state index contributed by atoms with van der Waals surface area (Å²) in [6, 6.07) is 7.37. The number of nitrogens with two attached hydrogens (primary N) is 1. The number of carbonyl (C=O) groups is 1. The molecule has 0 unspecified atom stereocenters. The molecular formula is C18H27ClN2O3. The minimum absolute atomic E-state index is 0.193. The van der Waals surface area contributed by atoms with Crippen LogP contribution in [0.3, 0.4) is 0 Å². The molecule has 1 aliphatic heterocycles. The van der Waals surface area contributed by atoms with Crippen molar-refractivity contribution >= 4 is 17.5 Å². The average Bonchev–Trinajstić information content (AvgIpc) is 2.61. The Morgan fingerprint density at radius 3 is 2.67 bits per heavy atom. The fourth-order valence-corrected chi connectivity index (χ4v) is 2.92. The average molecular weight is 355 g/mol. The van der Waals surface area contributed by atoms with E-state index in [0.717, 1.165) is 32.4 Å². The second-order valence-electron chi connectivity index (χ2n) is 5.98. The molecule has 1 heterocycles. The Balaban J connectivity index is 1.59. The van der Waals surface area contributed by atoms with Crippen molar-refractivity contribution in [2.75, 3.05) is 32.8 Å². The highest BCUT2D eigenvalue weighted by molar-refractivity contribution is 6.32. The molecule has 1 fully saturated rings.